The highest BCUT2D eigenvalue weighted by Crippen LogP contribution is 2.25. The smallest absolute Gasteiger partial charge is 0.150 e. The Morgan fingerprint density at radius 2 is 2.29 bits per heavy atom. The van der Waals surface area contributed by atoms with E-state index < -0.39 is 0 Å². The van der Waals surface area contributed by atoms with Crippen LogP contribution in [0.15, 0.2) is 18.2 Å². The van der Waals surface area contributed by atoms with Gasteiger partial charge in [-0.3, -0.25) is 4.79 Å². The van der Waals surface area contributed by atoms with Crippen molar-refractivity contribution in [1.82, 2.24) is 0 Å². The Labute approximate surface area is 106 Å². The van der Waals surface area contributed by atoms with Gasteiger partial charge in [0.15, 0.2) is 0 Å². The summed E-state index contributed by atoms with van der Waals surface area (Å²) in [5.74, 6) is 2.78. The van der Waals surface area contributed by atoms with Gasteiger partial charge in [-0.25, -0.2) is 0 Å². The molecule has 0 bridgehead atoms. The number of carbonyl (C=O) groups excluding carboxylic acids is 1. The minimum atomic E-state index is 0.207. The van der Waals surface area contributed by atoms with Gasteiger partial charge in [-0.2, -0.15) is 11.8 Å². The number of hydrogen-bond acceptors (Lipinski definition) is 4. The van der Waals surface area contributed by atoms with Gasteiger partial charge in [0.05, 0.1) is 7.11 Å². The van der Waals surface area contributed by atoms with Gasteiger partial charge < -0.3 is 9.84 Å². The molecule has 0 aromatic heterocycles. The zero-order valence-electron chi connectivity index (χ0n) is 10.2. The summed E-state index contributed by atoms with van der Waals surface area (Å²) in [6, 6.07) is 5.41. The first-order chi connectivity index (χ1) is 8.21. The molecule has 1 rings (SSSR count). The van der Waals surface area contributed by atoms with Crippen molar-refractivity contribution in [2.45, 2.75) is 12.7 Å². The number of ether oxygens (including phenoxy) is 1. The standard InChI is InChI=1S/C13H18O3S/c1-10(6-14)8-17-9-12-5-11(7-15)3-4-13(12)16-2/h3-5,7,10,14H,6,8-9H2,1-2H3. The average Bonchev–Trinajstić information content (AvgIpc) is 2.38. The maximum atomic E-state index is 10.7. The van der Waals surface area contributed by atoms with Crippen LogP contribution in [0.5, 0.6) is 5.75 Å². The van der Waals surface area contributed by atoms with E-state index in [0.29, 0.717) is 11.5 Å². The van der Waals surface area contributed by atoms with E-state index >= 15 is 0 Å². The van der Waals surface area contributed by atoms with Crippen LogP contribution in [0.1, 0.15) is 22.8 Å². The van der Waals surface area contributed by atoms with Crippen molar-refractivity contribution in [1.29, 1.82) is 0 Å². The number of aliphatic hydroxyl groups is 1. The first-order valence-electron chi connectivity index (χ1n) is 5.52. The molecule has 0 saturated heterocycles. The van der Waals surface area contributed by atoms with Crippen LogP contribution in [0.3, 0.4) is 0 Å². The minimum absolute atomic E-state index is 0.207. The molecule has 17 heavy (non-hydrogen) atoms. The molecule has 0 aliphatic rings. The topological polar surface area (TPSA) is 46.5 Å². The van der Waals surface area contributed by atoms with Gasteiger partial charge in [0.2, 0.25) is 0 Å². The van der Waals surface area contributed by atoms with E-state index in [-0.39, 0.29) is 6.61 Å². The van der Waals surface area contributed by atoms with Crippen LogP contribution < -0.4 is 4.74 Å². The van der Waals surface area contributed by atoms with E-state index in [9.17, 15) is 4.79 Å². The quantitative estimate of drug-likeness (QED) is 0.759. The summed E-state index contributed by atoms with van der Waals surface area (Å²) < 4.78 is 5.25. The van der Waals surface area contributed by atoms with Gasteiger partial charge >= 0.3 is 0 Å². The molecule has 0 aliphatic carbocycles. The first kappa shape index (κ1) is 14.1. The lowest BCUT2D eigenvalue weighted by atomic mass is 10.1. The molecule has 0 aliphatic heterocycles. The molecule has 1 N–H and O–H groups in total. The number of hydrogen-bond donors (Lipinski definition) is 1. The molecule has 1 aromatic carbocycles. The third-order valence-corrected chi connectivity index (χ3v) is 3.73. The summed E-state index contributed by atoms with van der Waals surface area (Å²) in [5, 5.41) is 8.93. The lowest BCUT2D eigenvalue weighted by Gasteiger charge is -2.10. The van der Waals surface area contributed by atoms with E-state index in [1.807, 2.05) is 19.1 Å². The highest BCUT2D eigenvalue weighted by atomic mass is 32.2. The Kier molecular flexibility index (Phi) is 6.08. The van der Waals surface area contributed by atoms with Gasteiger partial charge in [0.1, 0.15) is 12.0 Å². The van der Waals surface area contributed by atoms with Gasteiger partial charge in [0, 0.05) is 23.5 Å². The number of thioether (sulfide) groups is 1. The van der Waals surface area contributed by atoms with Crippen molar-refractivity contribution in [3.8, 4) is 5.75 Å². The van der Waals surface area contributed by atoms with Crippen LogP contribution in [0.4, 0.5) is 0 Å². The van der Waals surface area contributed by atoms with Crippen molar-refractivity contribution >= 4 is 18.0 Å². The third-order valence-electron chi connectivity index (χ3n) is 2.41. The third kappa shape index (κ3) is 4.40. The molecule has 4 heteroatoms. The van der Waals surface area contributed by atoms with E-state index in [2.05, 4.69) is 0 Å². The van der Waals surface area contributed by atoms with E-state index in [0.717, 1.165) is 29.1 Å². The molecule has 0 heterocycles. The molecular formula is C13H18O3S. The van der Waals surface area contributed by atoms with Crippen LogP contribution in [0, 0.1) is 5.92 Å². The highest BCUT2D eigenvalue weighted by Gasteiger charge is 2.06. The number of aldehydes is 1. The molecule has 1 atom stereocenters. The number of aliphatic hydroxyl groups excluding tert-OH is 1. The molecule has 0 saturated carbocycles. The Morgan fingerprint density at radius 3 is 2.88 bits per heavy atom. The molecule has 0 fully saturated rings. The fraction of sp³-hybridized carbons (Fsp3) is 0.462. The van der Waals surface area contributed by atoms with Crippen molar-refractivity contribution < 1.29 is 14.6 Å². The molecule has 0 spiro atoms. The Balaban J connectivity index is 2.64. The van der Waals surface area contributed by atoms with Gasteiger partial charge in [0.25, 0.3) is 0 Å². The molecule has 1 aromatic rings. The van der Waals surface area contributed by atoms with Gasteiger partial charge in [-0.15, -0.1) is 0 Å². The monoisotopic (exact) mass is 254 g/mol. The van der Waals surface area contributed by atoms with E-state index in [1.54, 1.807) is 24.9 Å². The highest BCUT2D eigenvalue weighted by molar-refractivity contribution is 7.98. The normalized spacial score (nSPS) is 12.2. The van der Waals surface area contributed by atoms with Crippen molar-refractivity contribution in [2.24, 2.45) is 5.92 Å². The maximum absolute atomic E-state index is 10.7. The Hall–Kier alpha value is -1.00. The number of methoxy groups -OCH3 is 1. The van der Waals surface area contributed by atoms with Gasteiger partial charge in [-0.05, 0) is 29.9 Å². The average molecular weight is 254 g/mol. The predicted octanol–water partition coefficient (Wildman–Crippen LogP) is 2.37. The molecule has 0 amide bonds. The minimum Gasteiger partial charge on any atom is -0.496 e. The predicted molar refractivity (Wildman–Crippen MR) is 70.8 cm³/mol. The number of carbonyl (C=O) groups is 1. The molecule has 3 nitrogen and oxygen atoms in total. The van der Waals surface area contributed by atoms with Crippen molar-refractivity contribution in [3.63, 3.8) is 0 Å². The Morgan fingerprint density at radius 1 is 1.53 bits per heavy atom. The first-order valence-corrected chi connectivity index (χ1v) is 6.67. The second-order valence-corrected chi connectivity index (χ2v) is 5.02. The van der Waals surface area contributed by atoms with Crippen LogP contribution in [-0.2, 0) is 5.75 Å². The fourth-order valence-electron chi connectivity index (χ4n) is 1.41. The van der Waals surface area contributed by atoms with Crippen LogP contribution in [-0.4, -0.2) is 30.9 Å². The van der Waals surface area contributed by atoms with Crippen molar-refractivity contribution in [2.75, 3.05) is 19.5 Å². The molecule has 1 unspecified atom stereocenters. The summed E-state index contributed by atoms with van der Waals surface area (Å²) in [6.07, 6.45) is 0.837. The summed E-state index contributed by atoms with van der Waals surface area (Å²) in [4.78, 5) is 10.7. The van der Waals surface area contributed by atoms with Crippen molar-refractivity contribution in [3.05, 3.63) is 29.3 Å². The number of rotatable bonds is 7. The summed E-state index contributed by atoms with van der Waals surface area (Å²) in [7, 11) is 1.63. The van der Waals surface area contributed by atoms with Gasteiger partial charge in [-0.1, -0.05) is 6.92 Å². The maximum Gasteiger partial charge on any atom is 0.150 e. The van der Waals surface area contributed by atoms with Crippen LogP contribution >= 0.6 is 11.8 Å². The summed E-state index contributed by atoms with van der Waals surface area (Å²) in [6.45, 7) is 2.21. The Bertz CT molecular complexity index is 366. The fourth-order valence-corrected chi connectivity index (χ4v) is 2.48. The molecular weight excluding hydrogens is 236 g/mol. The van der Waals surface area contributed by atoms with Crippen LogP contribution in [0.2, 0.25) is 0 Å². The summed E-state index contributed by atoms with van der Waals surface area (Å²) in [5.41, 5.74) is 1.68. The molecule has 0 radical (unpaired) electrons. The lowest BCUT2D eigenvalue weighted by Crippen LogP contribution is -2.03. The number of benzene rings is 1. The summed E-state index contributed by atoms with van der Waals surface area (Å²) >= 11 is 1.73. The van der Waals surface area contributed by atoms with Crippen LogP contribution in [0.25, 0.3) is 0 Å². The molecule has 94 valence electrons. The van der Waals surface area contributed by atoms with E-state index in [1.165, 1.54) is 0 Å². The van der Waals surface area contributed by atoms with E-state index in [4.69, 9.17) is 9.84 Å². The zero-order chi connectivity index (χ0) is 12.7. The lowest BCUT2D eigenvalue weighted by molar-refractivity contribution is 0.112. The zero-order valence-corrected chi connectivity index (χ0v) is 11.0. The second kappa shape index (κ2) is 7.35. The SMILES string of the molecule is COc1ccc(C=O)cc1CSCC(C)CO. The second-order valence-electron chi connectivity index (χ2n) is 3.99. The largest absolute Gasteiger partial charge is 0.496 e.